The highest BCUT2D eigenvalue weighted by atomic mass is 16.5. The summed E-state index contributed by atoms with van der Waals surface area (Å²) in [5.41, 5.74) is 10.6. The number of guanidine groups is 1. The minimum Gasteiger partial charge on any atom is -0.464 e. The summed E-state index contributed by atoms with van der Waals surface area (Å²) in [6.45, 7) is 5.06. The van der Waals surface area contributed by atoms with Crippen LogP contribution in [0.1, 0.15) is 97.3 Å². The van der Waals surface area contributed by atoms with Crippen LogP contribution in [0.2, 0.25) is 0 Å². The standard InChI is InChI=1S/C21H42N4O3/c1-3-5-7-8-9-10-11-12-15-19(26)25-18(14-13-16-24-21(22)23)20(27)28-17-6-4-2/h18H,3-17H2,1-2H3,(H,25,26)(H4,22,23,24)/t18-/m0/s1. The van der Waals surface area contributed by atoms with E-state index >= 15 is 0 Å². The van der Waals surface area contributed by atoms with Crippen LogP contribution >= 0.6 is 0 Å². The molecule has 0 spiro atoms. The number of rotatable bonds is 18. The van der Waals surface area contributed by atoms with Gasteiger partial charge in [0, 0.05) is 13.0 Å². The van der Waals surface area contributed by atoms with Crippen LogP contribution in [0, 0.1) is 0 Å². The van der Waals surface area contributed by atoms with Crippen LogP contribution in [0.3, 0.4) is 0 Å². The molecule has 7 heteroatoms. The number of carbonyl (C=O) groups excluding carboxylic acids is 2. The Balaban J connectivity index is 4.18. The molecule has 0 aliphatic rings. The first-order chi connectivity index (χ1) is 13.5. The van der Waals surface area contributed by atoms with Crippen molar-refractivity contribution < 1.29 is 14.3 Å². The highest BCUT2D eigenvalue weighted by Crippen LogP contribution is 2.10. The Morgan fingerprint density at radius 2 is 1.50 bits per heavy atom. The van der Waals surface area contributed by atoms with Crippen molar-refractivity contribution in [2.45, 2.75) is 103 Å². The summed E-state index contributed by atoms with van der Waals surface area (Å²) >= 11 is 0. The van der Waals surface area contributed by atoms with Crippen LogP contribution in [0.4, 0.5) is 0 Å². The molecule has 0 aromatic heterocycles. The maximum Gasteiger partial charge on any atom is 0.328 e. The molecule has 1 amide bonds. The molecule has 7 nitrogen and oxygen atoms in total. The van der Waals surface area contributed by atoms with Crippen molar-refractivity contribution in [3.63, 3.8) is 0 Å². The van der Waals surface area contributed by atoms with E-state index in [4.69, 9.17) is 16.2 Å². The van der Waals surface area contributed by atoms with Gasteiger partial charge in [0.25, 0.3) is 0 Å². The lowest BCUT2D eigenvalue weighted by molar-refractivity contribution is -0.148. The second-order valence-electron chi connectivity index (χ2n) is 7.31. The van der Waals surface area contributed by atoms with E-state index in [1.807, 2.05) is 6.92 Å². The summed E-state index contributed by atoms with van der Waals surface area (Å²) in [6.07, 6.45) is 12.7. The maximum absolute atomic E-state index is 12.3. The molecule has 0 aliphatic carbocycles. The summed E-state index contributed by atoms with van der Waals surface area (Å²) in [6, 6.07) is -0.632. The van der Waals surface area contributed by atoms with Crippen molar-refractivity contribution in [1.82, 2.24) is 5.32 Å². The number of amides is 1. The molecule has 0 saturated heterocycles. The predicted octanol–water partition coefficient (Wildman–Crippen LogP) is 3.40. The van der Waals surface area contributed by atoms with Gasteiger partial charge in [0.1, 0.15) is 6.04 Å². The van der Waals surface area contributed by atoms with Crippen LogP contribution in [0.15, 0.2) is 4.99 Å². The number of nitrogens with zero attached hydrogens (tertiary/aromatic N) is 1. The molecule has 0 rings (SSSR count). The fraction of sp³-hybridized carbons (Fsp3) is 0.857. The summed E-state index contributed by atoms with van der Waals surface area (Å²) in [5, 5.41) is 2.83. The number of nitrogens with two attached hydrogens (primary N) is 2. The molecule has 164 valence electrons. The third-order valence-electron chi connectivity index (χ3n) is 4.56. The van der Waals surface area contributed by atoms with Crippen molar-refractivity contribution in [2.24, 2.45) is 16.5 Å². The fourth-order valence-corrected chi connectivity index (χ4v) is 2.86. The Morgan fingerprint density at radius 3 is 2.11 bits per heavy atom. The lowest BCUT2D eigenvalue weighted by atomic mass is 10.1. The van der Waals surface area contributed by atoms with Crippen LogP contribution in [0.5, 0.6) is 0 Å². The van der Waals surface area contributed by atoms with Gasteiger partial charge in [-0.05, 0) is 25.7 Å². The van der Waals surface area contributed by atoms with Gasteiger partial charge in [-0.2, -0.15) is 0 Å². The third kappa shape index (κ3) is 16.4. The minimum absolute atomic E-state index is 0.0285. The summed E-state index contributed by atoms with van der Waals surface area (Å²) < 4.78 is 5.27. The lowest BCUT2D eigenvalue weighted by Crippen LogP contribution is -2.42. The summed E-state index contributed by atoms with van der Waals surface area (Å²) in [7, 11) is 0. The number of hydrogen-bond donors (Lipinski definition) is 3. The molecule has 0 unspecified atom stereocenters. The van der Waals surface area contributed by atoms with Gasteiger partial charge in [-0.15, -0.1) is 0 Å². The Morgan fingerprint density at radius 1 is 0.893 bits per heavy atom. The fourth-order valence-electron chi connectivity index (χ4n) is 2.86. The number of esters is 1. The third-order valence-corrected chi connectivity index (χ3v) is 4.56. The first-order valence-electron chi connectivity index (χ1n) is 11.0. The van der Waals surface area contributed by atoms with Crippen LogP contribution in [-0.2, 0) is 14.3 Å². The Labute approximate surface area is 171 Å². The minimum atomic E-state index is -0.632. The van der Waals surface area contributed by atoms with Gasteiger partial charge in [-0.1, -0.05) is 65.2 Å². The molecule has 0 aromatic rings. The first-order valence-corrected chi connectivity index (χ1v) is 11.0. The second-order valence-corrected chi connectivity index (χ2v) is 7.31. The lowest BCUT2D eigenvalue weighted by Gasteiger charge is -2.17. The van der Waals surface area contributed by atoms with Gasteiger partial charge in [0.05, 0.1) is 6.61 Å². The van der Waals surface area contributed by atoms with Crippen molar-refractivity contribution >= 4 is 17.8 Å². The van der Waals surface area contributed by atoms with Gasteiger partial charge in [-0.25, -0.2) is 4.79 Å². The highest BCUT2D eigenvalue weighted by molar-refractivity contribution is 5.84. The molecule has 0 radical (unpaired) electrons. The number of hydrogen-bond acceptors (Lipinski definition) is 4. The van der Waals surface area contributed by atoms with Crippen LogP contribution in [-0.4, -0.2) is 37.0 Å². The molecule has 28 heavy (non-hydrogen) atoms. The zero-order valence-corrected chi connectivity index (χ0v) is 18.0. The molecule has 5 N–H and O–H groups in total. The molecule has 0 bridgehead atoms. The predicted molar refractivity (Wildman–Crippen MR) is 115 cm³/mol. The summed E-state index contributed by atoms with van der Waals surface area (Å²) in [5.74, 6) is -0.437. The van der Waals surface area contributed by atoms with E-state index in [9.17, 15) is 9.59 Å². The summed E-state index contributed by atoms with van der Waals surface area (Å²) in [4.78, 5) is 28.4. The number of nitrogens with one attached hydrogen (secondary N) is 1. The van der Waals surface area contributed by atoms with Crippen molar-refractivity contribution in [3.8, 4) is 0 Å². The Bertz CT molecular complexity index is 437. The normalized spacial score (nSPS) is 11.6. The van der Waals surface area contributed by atoms with Gasteiger partial charge in [-0.3, -0.25) is 9.79 Å². The number of unbranched alkanes of at least 4 members (excludes halogenated alkanes) is 8. The number of carbonyl (C=O) groups is 2. The van der Waals surface area contributed by atoms with E-state index < -0.39 is 6.04 Å². The van der Waals surface area contributed by atoms with E-state index in [1.54, 1.807) is 0 Å². The maximum atomic E-state index is 12.3. The molecule has 0 saturated carbocycles. The zero-order valence-electron chi connectivity index (χ0n) is 18.0. The average Bonchev–Trinajstić information content (AvgIpc) is 2.66. The first kappa shape index (κ1) is 26.2. The van der Waals surface area contributed by atoms with E-state index in [0.717, 1.165) is 32.1 Å². The van der Waals surface area contributed by atoms with Crippen molar-refractivity contribution in [2.75, 3.05) is 13.2 Å². The van der Waals surface area contributed by atoms with Crippen molar-refractivity contribution in [1.29, 1.82) is 0 Å². The van der Waals surface area contributed by atoms with E-state index in [0.29, 0.717) is 32.4 Å². The van der Waals surface area contributed by atoms with Gasteiger partial charge >= 0.3 is 5.97 Å². The van der Waals surface area contributed by atoms with Gasteiger partial charge < -0.3 is 21.5 Å². The number of aliphatic imine (C=N–C) groups is 1. The molecule has 0 aliphatic heterocycles. The average molecular weight is 399 g/mol. The molecule has 1 atom stereocenters. The van der Waals surface area contributed by atoms with Crippen molar-refractivity contribution in [3.05, 3.63) is 0 Å². The number of ether oxygens (including phenoxy) is 1. The quantitative estimate of drug-likeness (QED) is 0.141. The Hall–Kier alpha value is -1.79. The van der Waals surface area contributed by atoms with E-state index in [2.05, 4.69) is 17.2 Å². The van der Waals surface area contributed by atoms with E-state index in [-0.39, 0.29) is 17.8 Å². The smallest absolute Gasteiger partial charge is 0.328 e. The zero-order chi connectivity index (χ0) is 21.0. The molecular weight excluding hydrogens is 356 g/mol. The SMILES string of the molecule is CCCCCCCCCCC(=O)N[C@@H](CCCN=C(N)N)C(=O)OCCCC. The monoisotopic (exact) mass is 398 g/mol. The molecule has 0 heterocycles. The Kier molecular flexibility index (Phi) is 17.4. The van der Waals surface area contributed by atoms with Crippen LogP contribution in [0.25, 0.3) is 0 Å². The van der Waals surface area contributed by atoms with Gasteiger partial charge in [0.2, 0.25) is 5.91 Å². The van der Waals surface area contributed by atoms with Gasteiger partial charge in [0.15, 0.2) is 5.96 Å². The topological polar surface area (TPSA) is 120 Å². The highest BCUT2D eigenvalue weighted by Gasteiger charge is 2.21. The molecular formula is C21H42N4O3. The molecule has 0 fully saturated rings. The van der Waals surface area contributed by atoms with E-state index in [1.165, 1.54) is 32.1 Å². The molecule has 0 aromatic carbocycles. The second kappa shape index (κ2) is 18.6. The largest absolute Gasteiger partial charge is 0.464 e. The van der Waals surface area contributed by atoms with Crippen LogP contribution < -0.4 is 16.8 Å².